The molecule has 1 aromatic heterocycles. The maximum atomic E-state index is 12.2. The molecule has 0 saturated carbocycles. The number of rotatable bonds is 4. The summed E-state index contributed by atoms with van der Waals surface area (Å²) in [5, 5.41) is 2.83. The average Bonchev–Trinajstić information content (AvgIpc) is 2.48. The first-order valence-electron chi connectivity index (χ1n) is 7.07. The van der Waals surface area contributed by atoms with Gasteiger partial charge in [0.15, 0.2) is 0 Å². The van der Waals surface area contributed by atoms with E-state index in [4.69, 9.17) is 0 Å². The molecule has 21 heavy (non-hydrogen) atoms. The van der Waals surface area contributed by atoms with E-state index in [1.165, 1.54) is 0 Å². The van der Waals surface area contributed by atoms with Crippen molar-refractivity contribution in [3.05, 3.63) is 65.4 Å². The highest BCUT2D eigenvalue weighted by molar-refractivity contribution is 6.04. The number of nitrogens with one attached hydrogen (secondary N) is 1. The van der Waals surface area contributed by atoms with Crippen LogP contribution in [0.25, 0.3) is 6.08 Å². The van der Waals surface area contributed by atoms with Crippen molar-refractivity contribution in [2.45, 2.75) is 20.8 Å². The highest BCUT2D eigenvalue weighted by Crippen LogP contribution is 2.13. The monoisotopic (exact) mass is 280 g/mol. The number of amides is 1. The van der Waals surface area contributed by atoms with E-state index in [0.29, 0.717) is 17.3 Å². The molecule has 0 aliphatic carbocycles. The number of hydrogen-bond acceptors (Lipinski definition) is 2. The number of benzene rings is 1. The summed E-state index contributed by atoms with van der Waals surface area (Å²) in [6, 6.07) is 11.3. The lowest BCUT2D eigenvalue weighted by Gasteiger charge is -2.07. The lowest BCUT2D eigenvalue weighted by atomic mass is 10.1. The summed E-state index contributed by atoms with van der Waals surface area (Å²) in [5.41, 5.74) is 2.67. The quantitative estimate of drug-likeness (QED) is 0.906. The van der Waals surface area contributed by atoms with E-state index in [2.05, 4.69) is 36.3 Å². The zero-order valence-electron chi connectivity index (χ0n) is 12.6. The van der Waals surface area contributed by atoms with Crippen LogP contribution in [0.5, 0.6) is 0 Å². The summed E-state index contributed by atoms with van der Waals surface area (Å²) in [5.74, 6) is 0.975. The van der Waals surface area contributed by atoms with Crippen molar-refractivity contribution in [1.29, 1.82) is 0 Å². The first-order valence-corrected chi connectivity index (χ1v) is 7.07. The third-order valence-electron chi connectivity index (χ3n) is 3.09. The molecule has 1 N–H and O–H groups in total. The van der Waals surface area contributed by atoms with Crippen molar-refractivity contribution >= 4 is 17.8 Å². The molecule has 3 nitrogen and oxygen atoms in total. The lowest BCUT2D eigenvalue weighted by molar-refractivity contribution is 0.102. The Morgan fingerprint density at radius 1 is 1.19 bits per heavy atom. The van der Waals surface area contributed by atoms with Crippen LogP contribution in [0.2, 0.25) is 0 Å². The van der Waals surface area contributed by atoms with E-state index in [0.717, 1.165) is 11.1 Å². The third-order valence-corrected chi connectivity index (χ3v) is 3.09. The molecule has 0 aliphatic rings. The molecule has 0 bridgehead atoms. The molecule has 0 aliphatic heterocycles. The Labute approximate surface area is 125 Å². The van der Waals surface area contributed by atoms with Gasteiger partial charge in [0.1, 0.15) is 5.82 Å². The molecule has 0 spiro atoms. The fourth-order valence-corrected chi connectivity index (χ4v) is 1.85. The van der Waals surface area contributed by atoms with Gasteiger partial charge in [0.2, 0.25) is 0 Å². The minimum Gasteiger partial charge on any atom is -0.306 e. The van der Waals surface area contributed by atoms with Crippen LogP contribution >= 0.6 is 0 Å². The fraction of sp³-hybridized carbons (Fsp3) is 0.222. The van der Waals surface area contributed by atoms with E-state index in [-0.39, 0.29) is 5.91 Å². The number of hydrogen-bond donors (Lipinski definition) is 1. The van der Waals surface area contributed by atoms with Gasteiger partial charge in [-0.25, -0.2) is 4.98 Å². The second-order valence-corrected chi connectivity index (χ2v) is 5.35. The van der Waals surface area contributed by atoms with Crippen LogP contribution < -0.4 is 5.32 Å². The van der Waals surface area contributed by atoms with E-state index < -0.39 is 0 Å². The fourth-order valence-electron chi connectivity index (χ4n) is 1.85. The molecule has 0 atom stereocenters. The van der Waals surface area contributed by atoms with Crippen LogP contribution in [0.4, 0.5) is 5.82 Å². The standard InChI is InChI=1S/C18H20N2O/c1-13(2)6-7-15-8-10-16(11-9-15)18(21)20-17-14(3)5-4-12-19-17/h4-13H,1-3H3,(H,19,20,21). The van der Waals surface area contributed by atoms with Crippen molar-refractivity contribution < 1.29 is 4.79 Å². The van der Waals surface area contributed by atoms with Crippen molar-refractivity contribution in [1.82, 2.24) is 4.98 Å². The second kappa shape index (κ2) is 6.84. The van der Waals surface area contributed by atoms with E-state index in [9.17, 15) is 4.79 Å². The molecule has 1 aromatic carbocycles. The molecular weight excluding hydrogens is 260 g/mol. The lowest BCUT2D eigenvalue weighted by Crippen LogP contribution is -2.13. The van der Waals surface area contributed by atoms with Gasteiger partial charge >= 0.3 is 0 Å². The molecule has 3 heteroatoms. The molecule has 0 fully saturated rings. The molecule has 0 radical (unpaired) electrons. The van der Waals surface area contributed by atoms with Gasteiger partial charge in [0, 0.05) is 11.8 Å². The van der Waals surface area contributed by atoms with Crippen molar-refractivity contribution in [2.24, 2.45) is 5.92 Å². The molecule has 1 heterocycles. The predicted molar refractivity (Wildman–Crippen MR) is 87.2 cm³/mol. The van der Waals surface area contributed by atoms with Crippen LogP contribution in [0.1, 0.15) is 35.3 Å². The molecular formula is C18H20N2O. The first kappa shape index (κ1) is 15.0. The number of nitrogens with zero attached hydrogens (tertiary/aromatic N) is 1. The average molecular weight is 280 g/mol. The summed E-state index contributed by atoms with van der Waals surface area (Å²) in [6.07, 6.45) is 5.87. The maximum Gasteiger partial charge on any atom is 0.256 e. The van der Waals surface area contributed by atoms with Gasteiger partial charge < -0.3 is 5.32 Å². The van der Waals surface area contributed by atoms with Gasteiger partial charge in [-0.3, -0.25) is 4.79 Å². The number of pyridine rings is 1. The highest BCUT2D eigenvalue weighted by atomic mass is 16.1. The minimum atomic E-state index is -0.142. The molecule has 1 amide bonds. The summed E-state index contributed by atoms with van der Waals surface area (Å²) >= 11 is 0. The maximum absolute atomic E-state index is 12.2. The molecule has 0 saturated heterocycles. The number of aromatic nitrogens is 1. The number of anilines is 1. The van der Waals surface area contributed by atoms with Crippen LogP contribution in [-0.2, 0) is 0 Å². The van der Waals surface area contributed by atoms with Crippen LogP contribution in [-0.4, -0.2) is 10.9 Å². The third kappa shape index (κ3) is 4.28. The zero-order valence-corrected chi connectivity index (χ0v) is 12.6. The number of allylic oxidation sites excluding steroid dienone is 1. The SMILES string of the molecule is Cc1cccnc1NC(=O)c1ccc(C=CC(C)C)cc1. The van der Waals surface area contributed by atoms with Crippen LogP contribution in [0.3, 0.4) is 0 Å². The molecule has 2 aromatic rings. The molecule has 0 unspecified atom stereocenters. The van der Waals surface area contributed by atoms with E-state index in [1.807, 2.05) is 43.3 Å². The summed E-state index contributed by atoms with van der Waals surface area (Å²) in [7, 11) is 0. The Morgan fingerprint density at radius 2 is 1.90 bits per heavy atom. The van der Waals surface area contributed by atoms with Gasteiger partial charge in [-0.05, 0) is 42.2 Å². The van der Waals surface area contributed by atoms with Gasteiger partial charge in [-0.2, -0.15) is 0 Å². The Bertz CT molecular complexity index is 643. The Kier molecular flexibility index (Phi) is 4.88. The van der Waals surface area contributed by atoms with Gasteiger partial charge in [0.25, 0.3) is 5.91 Å². The Balaban J connectivity index is 2.08. The number of carbonyl (C=O) groups is 1. The summed E-state index contributed by atoms with van der Waals surface area (Å²) in [6.45, 7) is 6.18. The Morgan fingerprint density at radius 3 is 2.52 bits per heavy atom. The van der Waals surface area contributed by atoms with Crippen molar-refractivity contribution in [3.63, 3.8) is 0 Å². The van der Waals surface area contributed by atoms with Gasteiger partial charge in [-0.15, -0.1) is 0 Å². The first-order chi connectivity index (χ1) is 10.1. The largest absolute Gasteiger partial charge is 0.306 e. The van der Waals surface area contributed by atoms with Crippen LogP contribution in [0.15, 0.2) is 48.7 Å². The van der Waals surface area contributed by atoms with Crippen LogP contribution in [0, 0.1) is 12.8 Å². The smallest absolute Gasteiger partial charge is 0.256 e. The van der Waals surface area contributed by atoms with E-state index in [1.54, 1.807) is 6.20 Å². The Hall–Kier alpha value is -2.42. The minimum absolute atomic E-state index is 0.142. The summed E-state index contributed by atoms with van der Waals surface area (Å²) in [4.78, 5) is 16.3. The summed E-state index contributed by atoms with van der Waals surface area (Å²) < 4.78 is 0. The topological polar surface area (TPSA) is 42.0 Å². The predicted octanol–water partition coefficient (Wildman–Crippen LogP) is 4.31. The van der Waals surface area contributed by atoms with Crippen molar-refractivity contribution in [3.8, 4) is 0 Å². The van der Waals surface area contributed by atoms with Gasteiger partial charge in [-0.1, -0.05) is 44.2 Å². The number of aryl methyl sites for hydroxylation is 1. The highest BCUT2D eigenvalue weighted by Gasteiger charge is 2.07. The molecule has 2 rings (SSSR count). The normalized spacial score (nSPS) is 11.0. The van der Waals surface area contributed by atoms with Gasteiger partial charge in [0.05, 0.1) is 0 Å². The zero-order chi connectivity index (χ0) is 15.2. The molecule has 108 valence electrons. The number of carbonyl (C=O) groups excluding carboxylic acids is 1. The van der Waals surface area contributed by atoms with E-state index >= 15 is 0 Å². The second-order valence-electron chi connectivity index (χ2n) is 5.35. The van der Waals surface area contributed by atoms with Crippen molar-refractivity contribution in [2.75, 3.05) is 5.32 Å².